The number of hydrogen-bond acceptors (Lipinski definition) is 2. The lowest BCUT2D eigenvalue weighted by atomic mass is 10.4. The monoisotopic (exact) mass is 199 g/mol. The number of hydrogen-bond donors (Lipinski definition) is 1. The quantitative estimate of drug-likeness (QED) is 0.661. The molecule has 0 atom stereocenters. The molecule has 0 aliphatic rings. The summed E-state index contributed by atoms with van der Waals surface area (Å²) >= 11 is 0. The van der Waals surface area contributed by atoms with Gasteiger partial charge in [0.25, 0.3) is 0 Å². The molecule has 2 heteroatoms. The predicted octanol–water partition coefficient (Wildman–Crippen LogP) is 3.47. The van der Waals surface area contributed by atoms with E-state index < -0.39 is 0 Å². The van der Waals surface area contributed by atoms with Crippen LogP contribution >= 0.6 is 0 Å². The fraction of sp³-hybridized carbons (Fsp3) is 0.667. The fourth-order valence-corrected chi connectivity index (χ4v) is 0.598. The lowest BCUT2D eigenvalue weighted by Gasteiger charge is -2.05. The third-order valence-electron chi connectivity index (χ3n) is 1.58. The largest absolute Gasteiger partial charge is 0.467 e. The summed E-state index contributed by atoms with van der Waals surface area (Å²) in [4.78, 5) is 0. The highest BCUT2D eigenvalue weighted by atomic mass is 16.5. The molecule has 14 heavy (non-hydrogen) atoms. The zero-order valence-electron chi connectivity index (χ0n) is 10.2. The Balaban J connectivity index is 0. The molecule has 0 bridgehead atoms. The highest BCUT2D eigenvalue weighted by molar-refractivity contribution is 4.91. The second-order valence-corrected chi connectivity index (χ2v) is 2.84. The van der Waals surface area contributed by atoms with Crippen LogP contribution in [0.3, 0.4) is 0 Å². The second kappa shape index (κ2) is 12.2. The van der Waals surface area contributed by atoms with E-state index in [1.165, 1.54) is 0 Å². The Hall–Kier alpha value is -0.760. The molecular formula is C12H25NO. The van der Waals surface area contributed by atoms with E-state index >= 15 is 0 Å². The molecule has 0 rings (SSSR count). The Morgan fingerprint density at radius 2 is 1.29 bits per heavy atom. The normalized spacial score (nSPS) is 8.57. The summed E-state index contributed by atoms with van der Waals surface area (Å²) in [6.07, 6.45) is 1.72. The van der Waals surface area contributed by atoms with Crippen molar-refractivity contribution >= 4 is 0 Å². The third kappa shape index (κ3) is 13.8. The van der Waals surface area contributed by atoms with Gasteiger partial charge in [-0.2, -0.15) is 0 Å². The first-order valence-electron chi connectivity index (χ1n) is 5.36. The van der Waals surface area contributed by atoms with Gasteiger partial charge in [-0.3, -0.25) is 0 Å². The van der Waals surface area contributed by atoms with Gasteiger partial charge in [0, 0.05) is 12.8 Å². The van der Waals surface area contributed by atoms with Crippen molar-refractivity contribution in [2.24, 2.45) is 0 Å². The third-order valence-corrected chi connectivity index (χ3v) is 1.58. The van der Waals surface area contributed by atoms with E-state index in [0.717, 1.165) is 37.4 Å². The van der Waals surface area contributed by atoms with Gasteiger partial charge in [-0.1, -0.05) is 40.9 Å². The molecule has 0 fully saturated rings. The first-order valence-corrected chi connectivity index (χ1v) is 5.36. The number of nitrogens with one attached hydrogen (secondary N) is 1. The van der Waals surface area contributed by atoms with Crippen molar-refractivity contribution in [3.63, 3.8) is 0 Å². The minimum Gasteiger partial charge on any atom is -0.467 e. The topological polar surface area (TPSA) is 21.3 Å². The summed E-state index contributed by atoms with van der Waals surface area (Å²) in [7, 11) is 0. The summed E-state index contributed by atoms with van der Waals surface area (Å²) in [5, 5.41) is 3.11. The van der Waals surface area contributed by atoms with Crippen LogP contribution in [0.25, 0.3) is 0 Å². The van der Waals surface area contributed by atoms with Crippen molar-refractivity contribution in [3.05, 3.63) is 24.7 Å². The molecule has 0 radical (unpaired) electrons. The van der Waals surface area contributed by atoms with Gasteiger partial charge in [0.15, 0.2) is 0 Å². The molecule has 84 valence electrons. The van der Waals surface area contributed by atoms with Crippen LogP contribution in [-0.2, 0) is 4.74 Å². The molecule has 0 heterocycles. The van der Waals surface area contributed by atoms with Crippen LogP contribution in [0.5, 0.6) is 0 Å². The van der Waals surface area contributed by atoms with Gasteiger partial charge in [0.2, 0.25) is 0 Å². The average Bonchev–Trinajstić information content (AvgIpc) is 2.19. The van der Waals surface area contributed by atoms with Gasteiger partial charge in [0.1, 0.15) is 0 Å². The second-order valence-electron chi connectivity index (χ2n) is 2.84. The van der Waals surface area contributed by atoms with Gasteiger partial charge in [-0.25, -0.2) is 0 Å². The van der Waals surface area contributed by atoms with Crippen LogP contribution < -0.4 is 5.32 Å². The van der Waals surface area contributed by atoms with E-state index in [1.54, 1.807) is 0 Å². The summed E-state index contributed by atoms with van der Waals surface area (Å²) in [6.45, 7) is 17.8. The Bertz CT molecular complexity index is 136. The Morgan fingerprint density at radius 1 is 0.929 bits per heavy atom. The van der Waals surface area contributed by atoms with Gasteiger partial charge in [-0.15, -0.1) is 0 Å². The Labute approximate surface area is 89.0 Å². The maximum atomic E-state index is 5.16. The molecular weight excluding hydrogens is 174 g/mol. The Morgan fingerprint density at radius 3 is 1.43 bits per heavy atom. The maximum Gasteiger partial charge on any atom is 0.0961 e. The molecule has 1 N–H and O–H groups in total. The SMILES string of the molecule is C=C(CC)OC(=C)CC.CCNCC. The summed E-state index contributed by atoms with van der Waals surface area (Å²) in [5.74, 6) is 1.59. The molecule has 0 unspecified atom stereocenters. The number of ether oxygens (including phenoxy) is 1. The van der Waals surface area contributed by atoms with Crippen LogP contribution in [0.2, 0.25) is 0 Å². The van der Waals surface area contributed by atoms with Crippen molar-refractivity contribution in [1.29, 1.82) is 0 Å². The molecule has 0 aromatic rings. The summed E-state index contributed by atoms with van der Waals surface area (Å²) in [5.41, 5.74) is 0. The summed E-state index contributed by atoms with van der Waals surface area (Å²) < 4.78 is 5.16. The molecule has 0 amide bonds. The van der Waals surface area contributed by atoms with Crippen LogP contribution in [-0.4, -0.2) is 13.1 Å². The predicted molar refractivity (Wildman–Crippen MR) is 64.2 cm³/mol. The van der Waals surface area contributed by atoms with Crippen molar-refractivity contribution in [3.8, 4) is 0 Å². The fourth-order valence-electron chi connectivity index (χ4n) is 0.598. The highest BCUT2D eigenvalue weighted by Crippen LogP contribution is 2.07. The molecule has 0 saturated carbocycles. The van der Waals surface area contributed by atoms with Crippen LogP contribution in [0, 0.1) is 0 Å². The van der Waals surface area contributed by atoms with Gasteiger partial charge < -0.3 is 10.1 Å². The van der Waals surface area contributed by atoms with E-state index in [2.05, 4.69) is 32.3 Å². The van der Waals surface area contributed by atoms with E-state index in [1.807, 2.05) is 13.8 Å². The maximum absolute atomic E-state index is 5.16. The summed E-state index contributed by atoms with van der Waals surface area (Å²) in [6, 6.07) is 0. The van der Waals surface area contributed by atoms with E-state index in [4.69, 9.17) is 4.74 Å². The number of allylic oxidation sites excluding steroid dienone is 2. The minimum absolute atomic E-state index is 0.793. The molecule has 0 aromatic carbocycles. The van der Waals surface area contributed by atoms with E-state index in [-0.39, 0.29) is 0 Å². The average molecular weight is 199 g/mol. The number of rotatable bonds is 6. The van der Waals surface area contributed by atoms with Gasteiger partial charge in [0.05, 0.1) is 11.5 Å². The van der Waals surface area contributed by atoms with Crippen LogP contribution in [0.4, 0.5) is 0 Å². The van der Waals surface area contributed by atoms with Gasteiger partial charge in [-0.05, 0) is 13.1 Å². The lowest BCUT2D eigenvalue weighted by molar-refractivity contribution is 0.287. The lowest BCUT2D eigenvalue weighted by Crippen LogP contribution is -2.09. The molecule has 0 saturated heterocycles. The smallest absolute Gasteiger partial charge is 0.0961 e. The van der Waals surface area contributed by atoms with Crippen LogP contribution in [0.15, 0.2) is 24.7 Å². The van der Waals surface area contributed by atoms with Crippen molar-refractivity contribution in [1.82, 2.24) is 5.32 Å². The first-order chi connectivity index (χ1) is 6.62. The van der Waals surface area contributed by atoms with E-state index in [0.29, 0.717) is 0 Å². The molecule has 0 aliphatic heterocycles. The van der Waals surface area contributed by atoms with E-state index in [9.17, 15) is 0 Å². The standard InChI is InChI=1S/C8H14O.C4H11N/c1-5-7(3)9-8(4)6-2;1-3-5-4-2/h3-6H2,1-2H3;5H,3-4H2,1-2H3. The molecule has 2 nitrogen and oxygen atoms in total. The molecule has 0 aromatic heterocycles. The van der Waals surface area contributed by atoms with Crippen LogP contribution in [0.1, 0.15) is 40.5 Å². The van der Waals surface area contributed by atoms with Crippen molar-refractivity contribution < 1.29 is 4.74 Å². The van der Waals surface area contributed by atoms with Gasteiger partial charge >= 0.3 is 0 Å². The zero-order valence-corrected chi connectivity index (χ0v) is 10.2. The zero-order chi connectivity index (χ0) is 11.4. The molecule has 0 spiro atoms. The Kier molecular flexibility index (Phi) is 13.7. The highest BCUT2D eigenvalue weighted by Gasteiger charge is 1.91. The van der Waals surface area contributed by atoms with Crippen molar-refractivity contribution in [2.45, 2.75) is 40.5 Å². The van der Waals surface area contributed by atoms with Crippen molar-refractivity contribution in [2.75, 3.05) is 13.1 Å². The molecule has 0 aliphatic carbocycles. The minimum atomic E-state index is 0.793. The first kappa shape index (κ1) is 15.7.